The Kier molecular flexibility index (Phi) is 21.0. The van der Waals surface area contributed by atoms with Crippen LogP contribution >= 0.6 is 0 Å². The molecule has 49 heavy (non-hydrogen) atoms. The molecule has 2 fully saturated rings. The zero-order valence-corrected chi connectivity index (χ0v) is 30.1. The van der Waals surface area contributed by atoms with E-state index in [0.29, 0.717) is 30.3 Å². The van der Waals surface area contributed by atoms with Crippen LogP contribution in [-0.4, -0.2) is 99.5 Å². The van der Waals surface area contributed by atoms with E-state index in [1.165, 1.54) is 50.9 Å². The number of methoxy groups -OCH3 is 1. The SMILES string of the molecule is CC1[C@@H](c2ccccc2)CCN1C.CCC(C=O)CCCC(N)CF.COCCN1CCCCC1.O=CNc1ccc2[nH]c(C=O)cc2c1. The molecule has 272 valence electrons. The van der Waals surface area contributed by atoms with Crippen LogP contribution in [0.15, 0.2) is 54.6 Å². The van der Waals surface area contributed by atoms with E-state index in [4.69, 9.17) is 10.5 Å². The zero-order valence-electron chi connectivity index (χ0n) is 30.1. The van der Waals surface area contributed by atoms with E-state index in [9.17, 15) is 18.8 Å². The van der Waals surface area contributed by atoms with Gasteiger partial charge in [0, 0.05) is 54.2 Å². The summed E-state index contributed by atoms with van der Waals surface area (Å²) in [5.74, 6) is 0.878. The minimum Gasteiger partial charge on any atom is -0.383 e. The van der Waals surface area contributed by atoms with Crippen LogP contribution in [0.3, 0.4) is 0 Å². The van der Waals surface area contributed by atoms with E-state index in [0.717, 1.165) is 61.8 Å². The number of rotatable bonds is 14. The van der Waals surface area contributed by atoms with Crippen molar-refractivity contribution >= 4 is 35.6 Å². The first-order valence-electron chi connectivity index (χ1n) is 17.8. The zero-order chi connectivity index (χ0) is 35.9. The number of ether oxygens (including phenoxy) is 1. The molecule has 2 aliphatic rings. The third-order valence-corrected chi connectivity index (χ3v) is 9.42. The lowest BCUT2D eigenvalue weighted by Gasteiger charge is -2.25. The summed E-state index contributed by atoms with van der Waals surface area (Å²) >= 11 is 0. The number of nitrogens with zero attached hydrogens (tertiary/aromatic N) is 2. The third kappa shape index (κ3) is 15.8. The number of aromatic nitrogens is 1. The van der Waals surface area contributed by atoms with E-state index in [2.05, 4.69) is 64.4 Å². The van der Waals surface area contributed by atoms with Gasteiger partial charge in [-0.05, 0) is 102 Å². The first kappa shape index (κ1) is 41.7. The van der Waals surface area contributed by atoms with Gasteiger partial charge in [0.1, 0.15) is 13.0 Å². The van der Waals surface area contributed by atoms with Crippen LogP contribution in [0.4, 0.5) is 10.1 Å². The number of H-pyrrole nitrogens is 1. The largest absolute Gasteiger partial charge is 0.383 e. The van der Waals surface area contributed by atoms with Crippen LogP contribution in [-0.2, 0) is 14.3 Å². The van der Waals surface area contributed by atoms with Crippen molar-refractivity contribution in [3.05, 3.63) is 65.9 Å². The van der Waals surface area contributed by atoms with E-state index >= 15 is 0 Å². The van der Waals surface area contributed by atoms with Gasteiger partial charge in [0.05, 0.1) is 12.3 Å². The van der Waals surface area contributed by atoms with E-state index in [-0.39, 0.29) is 12.0 Å². The predicted octanol–water partition coefficient (Wildman–Crippen LogP) is 6.84. The number of anilines is 1. The minimum absolute atomic E-state index is 0.136. The van der Waals surface area contributed by atoms with Crippen molar-refractivity contribution in [2.24, 2.45) is 11.7 Å². The summed E-state index contributed by atoms with van der Waals surface area (Å²) in [4.78, 5) is 38.9. The molecule has 2 aliphatic heterocycles. The maximum atomic E-state index is 11.9. The Morgan fingerprint density at radius 2 is 1.78 bits per heavy atom. The average Bonchev–Trinajstić information content (AvgIpc) is 3.72. The number of likely N-dealkylation sites (N-methyl/N-ethyl adjacent to an activating group) is 1. The fraction of sp³-hybridized carbons (Fsp3) is 0.564. The molecule has 3 aromatic rings. The first-order chi connectivity index (χ1) is 23.8. The van der Waals surface area contributed by atoms with Gasteiger partial charge in [0.25, 0.3) is 0 Å². The van der Waals surface area contributed by atoms with Gasteiger partial charge in [0.2, 0.25) is 6.41 Å². The fourth-order valence-electron chi connectivity index (χ4n) is 6.11. The second kappa shape index (κ2) is 24.7. The van der Waals surface area contributed by atoms with Crippen LogP contribution in [0.25, 0.3) is 10.9 Å². The molecule has 0 bridgehead atoms. The number of amides is 1. The van der Waals surface area contributed by atoms with Crippen LogP contribution in [0.5, 0.6) is 0 Å². The molecule has 5 rings (SSSR count). The maximum absolute atomic E-state index is 11.9. The summed E-state index contributed by atoms with van der Waals surface area (Å²) in [5.41, 5.74) is 9.00. The average molecular weight is 682 g/mol. The molecule has 0 aliphatic carbocycles. The highest BCUT2D eigenvalue weighted by atomic mass is 19.1. The van der Waals surface area contributed by atoms with Gasteiger partial charge in [0.15, 0.2) is 6.29 Å². The molecule has 1 amide bonds. The number of nitrogens with two attached hydrogens (primary N) is 1. The van der Waals surface area contributed by atoms with Crippen molar-refractivity contribution in [3.63, 3.8) is 0 Å². The molecular weight excluding hydrogens is 621 g/mol. The monoisotopic (exact) mass is 681 g/mol. The van der Waals surface area contributed by atoms with E-state index in [1.807, 2.05) is 13.0 Å². The van der Waals surface area contributed by atoms with Gasteiger partial charge in [-0.1, -0.05) is 50.1 Å². The van der Waals surface area contributed by atoms with Gasteiger partial charge in [-0.3, -0.25) is 9.59 Å². The highest BCUT2D eigenvalue weighted by Gasteiger charge is 2.28. The minimum atomic E-state index is -0.460. The number of piperidine rings is 1. The number of carbonyl (C=O) groups excluding carboxylic acids is 3. The summed E-state index contributed by atoms with van der Waals surface area (Å²) in [6.07, 6.45) is 11.1. The molecule has 1 aromatic heterocycles. The Morgan fingerprint density at radius 3 is 2.35 bits per heavy atom. The highest BCUT2D eigenvalue weighted by molar-refractivity contribution is 5.91. The Bertz CT molecular complexity index is 1320. The number of aldehydes is 2. The van der Waals surface area contributed by atoms with Gasteiger partial charge in [-0.25, -0.2) is 4.39 Å². The van der Waals surface area contributed by atoms with Gasteiger partial charge in [-0.2, -0.15) is 0 Å². The summed E-state index contributed by atoms with van der Waals surface area (Å²) in [7, 11) is 3.98. The number of benzene rings is 2. The smallest absolute Gasteiger partial charge is 0.211 e. The molecule has 4 atom stereocenters. The molecule has 3 unspecified atom stereocenters. The third-order valence-electron chi connectivity index (χ3n) is 9.42. The topological polar surface area (TPSA) is 121 Å². The summed E-state index contributed by atoms with van der Waals surface area (Å²) in [5, 5.41) is 3.45. The number of halogens is 1. The van der Waals surface area contributed by atoms with Gasteiger partial charge < -0.3 is 35.4 Å². The van der Waals surface area contributed by atoms with Crippen LogP contribution in [0.2, 0.25) is 0 Å². The summed E-state index contributed by atoms with van der Waals surface area (Å²) in [6.45, 7) is 9.65. The summed E-state index contributed by atoms with van der Waals surface area (Å²) < 4.78 is 16.9. The molecule has 4 N–H and O–H groups in total. The van der Waals surface area contributed by atoms with Crippen molar-refractivity contribution in [2.75, 3.05) is 58.9 Å². The van der Waals surface area contributed by atoms with Crippen molar-refractivity contribution in [1.82, 2.24) is 14.8 Å². The number of fused-ring (bicyclic) bond motifs is 1. The molecule has 3 heterocycles. The standard InChI is InChI=1S/C12H17N.C10H8N2O2.C9H18FNO.C8H17NO/c1-10-12(8-9-13(10)2)11-6-4-3-5-7-11;13-5-9-4-7-3-8(11-6-14)1-2-10(7)12-9;1-2-8(7-12)4-3-5-9(11)6-10;1-10-8-7-9-5-3-2-4-6-9/h3-7,10,12H,8-9H2,1-2H3;1-6,12H,(H,11,14);7-9H,2-6,11H2,1H3;2-8H2,1H3/t10?,12-;;;/m0.../s1. The molecule has 2 aromatic carbocycles. The number of likely N-dealkylation sites (tertiary alicyclic amines) is 2. The molecule has 9 nitrogen and oxygen atoms in total. The lowest BCUT2D eigenvalue weighted by atomic mass is 9.93. The second-order valence-corrected chi connectivity index (χ2v) is 13.0. The number of aromatic amines is 1. The molecule has 0 spiro atoms. The van der Waals surface area contributed by atoms with Crippen LogP contribution in [0, 0.1) is 5.92 Å². The molecule has 0 saturated carbocycles. The Morgan fingerprint density at radius 1 is 1.04 bits per heavy atom. The van der Waals surface area contributed by atoms with Crippen molar-refractivity contribution in [2.45, 2.75) is 83.2 Å². The van der Waals surface area contributed by atoms with Crippen molar-refractivity contribution in [1.29, 1.82) is 0 Å². The highest BCUT2D eigenvalue weighted by Crippen LogP contribution is 2.31. The fourth-order valence-corrected chi connectivity index (χ4v) is 6.11. The second-order valence-electron chi connectivity index (χ2n) is 13.0. The number of nitrogens with one attached hydrogen (secondary N) is 2. The molecule has 2 saturated heterocycles. The number of hydrogen-bond donors (Lipinski definition) is 3. The Hall–Kier alpha value is -3.44. The quantitative estimate of drug-likeness (QED) is 0.159. The number of hydrogen-bond acceptors (Lipinski definition) is 7. The van der Waals surface area contributed by atoms with E-state index < -0.39 is 6.67 Å². The van der Waals surface area contributed by atoms with Crippen molar-refractivity contribution in [3.8, 4) is 0 Å². The van der Waals surface area contributed by atoms with Crippen LogP contribution < -0.4 is 11.1 Å². The number of carbonyl (C=O) groups is 3. The molecule has 0 radical (unpaired) electrons. The number of alkyl halides is 1. The predicted molar refractivity (Wildman–Crippen MR) is 199 cm³/mol. The molecular formula is C39H60FN5O4. The van der Waals surface area contributed by atoms with Gasteiger partial charge in [-0.15, -0.1) is 0 Å². The van der Waals surface area contributed by atoms with Crippen LogP contribution in [0.1, 0.15) is 87.2 Å². The Labute approximate surface area is 293 Å². The first-order valence-corrected chi connectivity index (χ1v) is 17.8. The summed E-state index contributed by atoms with van der Waals surface area (Å²) in [6, 6.07) is 18.3. The lowest BCUT2D eigenvalue weighted by molar-refractivity contribution is -0.111. The van der Waals surface area contributed by atoms with Gasteiger partial charge >= 0.3 is 0 Å². The Balaban J connectivity index is 0.000000229. The van der Waals surface area contributed by atoms with E-state index in [1.54, 1.807) is 25.3 Å². The normalized spacial score (nSPS) is 18.8. The van der Waals surface area contributed by atoms with Crippen molar-refractivity contribution < 1.29 is 23.5 Å². The lowest BCUT2D eigenvalue weighted by Crippen LogP contribution is -2.32. The maximum Gasteiger partial charge on any atom is 0.211 e. The molecule has 10 heteroatoms.